The number of ether oxygens (including phenoxy) is 1. The zero-order chi connectivity index (χ0) is 24.4. The van der Waals surface area contributed by atoms with Gasteiger partial charge in [-0.15, -0.1) is 0 Å². The molecule has 1 aliphatic heterocycles. The van der Waals surface area contributed by atoms with E-state index < -0.39 is 17.0 Å². The highest BCUT2D eigenvalue weighted by Crippen LogP contribution is 2.30. The SMILES string of the molecule is O=C1NCc2c(Oc3ccc(CC(=O)c4c[nH]cc(-c5ccc(F)cc5)c4=O)nc3)ccnc2N1. The lowest BCUT2D eigenvalue weighted by Gasteiger charge is -2.19. The van der Waals surface area contributed by atoms with Gasteiger partial charge in [0.1, 0.15) is 23.1 Å². The summed E-state index contributed by atoms with van der Waals surface area (Å²) in [5.41, 5.74) is 1.50. The predicted octanol–water partition coefficient (Wildman–Crippen LogP) is 3.82. The summed E-state index contributed by atoms with van der Waals surface area (Å²) in [6.45, 7) is 0.274. The van der Waals surface area contributed by atoms with Gasteiger partial charge in [-0.2, -0.15) is 0 Å². The van der Waals surface area contributed by atoms with E-state index >= 15 is 0 Å². The minimum absolute atomic E-state index is 0.00749. The Bertz CT molecular complexity index is 1480. The molecule has 1 aromatic carbocycles. The zero-order valence-electron chi connectivity index (χ0n) is 18.2. The van der Waals surface area contributed by atoms with Gasteiger partial charge in [0.15, 0.2) is 11.2 Å². The van der Waals surface area contributed by atoms with E-state index in [1.807, 2.05) is 0 Å². The topological polar surface area (TPSA) is 126 Å². The molecule has 0 radical (unpaired) electrons. The number of H-pyrrole nitrogens is 1. The van der Waals surface area contributed by atoms with Crippen molar-refractivity contribution in [3.05, 3.63) is 100 Å². The highest BCUT2D eigenvalue weighted by Gasteiger charge is 2.20. The fourth-order valence-corrected chi connectivity index (χ4v) is 3.67. The molecule has 0 spiro atoms. The fraction of sp³-hybridized carbons (Fsp3) is 0.0800. The number of hydrogen-bond donors (Lipinski definition) is 3. The molecule has 0 bridgehead atoms. The molecule has 4 heterocycles. The second kappa shape index (κ2) is 9.18. The van der Waals surface area contributed by atoms with Gasteiger partial charge in [0.25, 0.3) is 0 Å². The maximum absolute atomic E-state index is 13.2. The highest BCUT2D eigenvalue weighted by atomic mass is 19.1. The lowest BCUT2D eigenvalue weighted by Crippen LogP contribution is -2.34. The normalized spacial score (nSPS) is 12.3. The first-order chi connectivity index (χ1) is 17.0. The van der Waals surface area contributed by atoms with E-state index in [2.05, 4.69) is 25.6 Å². The highest BCUT2D eigenvalue weighted by molar-refractivity contribution is 5.98. The Morgan fingerprint density at radius 1 is 1.03 bits per heavy atom. The Labute approximate surface area is 198 Å². The van der Waals surface area contributed by atoms with E-state index in [1.165, 1.54) is 49.1 Å². The second-order valence-corrected chi connectivity index (χ2v) is 7.75. The molecule has 0 unspecified atom stereocenters. The molecule has 1 aliphatic rings. The van der Waals surface area contributed by atoms with Crippen LogP contribution in [-0.4, -0.2) is 26.8 Å². The van der Waals surface area contributed by atoms with E-state index in [1.54, 1.807) is 18.2 Å². The Balaban J connectivity index is 1.31. The number of benzene rings is 1. The number of fused-ring (bicyclic) bond motifs is 1. The number of rotatable bonds is 6. The number of amides is 2. The minimum Gasteiger partial charge on any atom is -0.455 e. The van der Waals surface area contributed by atoms with Crippen LogP contribution in [0.3, 0.4) is 0 Å². The van der Waals surface area contributed by atoms with Crippen LogP contribution in [0.4, 0.5) is 15.0 Å². The number of anilines is 1. The third kappa shape index (κ3) is 4.62. The van der Waals surface area contributed by atoms with Gasteiger partial charge in [0, 0.05) is 29.8 Å². The molecule has 5 rings (SSSR count). The molecule has 35 heavy (non-hydrogen) atoms. The third-order valence-electron chi connectivity index (χ3n) is 5.44. The van der Waals surface area contributed by atoms with Crippen LogP contribution in [0.25, 0.3) is 11.1 Å². The van der Waals surface area contributed by atoms with Crippen LogP contribution in [-0.2, 0) is 13.0 Å². The van der Waals surface area contributed by atoms with Crippen LogP contribution in [0.2, 0.25) is 0 Å². The minimum atomic E-state index is -0.441. The van der Waals surface area contributed by atoms with Gasteiger partial charge in [-0.1, -0.05) is 12.1 Å². The molecule has 4 aromatic rings. The molecule has 0 atom stereocenters. The summed E-state index contributed by atoms with van der Waals surface area (Å²) in [7, 11) is 0. The molecule has 3 aromatic heterocycles. The lowest BCUT2D eigenvalue weighted by molar-refractivity contribution is 0.0990. The monoisotopic (exact) mass is 471 g/mol. The maximum atomic E-state index is 13.2. The number of pyridine rings is 3. The summed E-state index contributed by atoms with van der Waals surface area (Å²) in [5.74, 6) is 0.555. The van der Waals surface area contributed by atoms with Gasteiger partial charge in [-0.25, -0.2) is 14.2 Å². The van der Waals surface area contributed by atoms with Crippen molar-refractivity contribution in [2.45, 2.75) is 13.0 Å². The summed E-state index contributed by atoms with van der Waals surface area (Å²) < 4.78 is 19.1. The van der Waals surface area contributed by atoms with E-state index in [0.717, 1.165) is 0 Å². The maximum Gasteiger partial charge on any atom is 0.320 e. The predicted molar refractivity (Wildman–Crippen MR) is 125 cm³/mol. The number of aromatic nitrogens is 3. The largest absolute Gasteiger partial charge is 0.455 e. The van der Waals surface area contributed by atoms with Crippen molar-refractivity contribution in [1.82, 2.24) is 20.3 Å². The van der Waals surface area contributed by atoms with Crippen molar-refractivity contribution in [3.8, 4) is 22.6 Å². The molecule has 0 saturated carbocycles. The smallest absolute Gasteiger partial charge is 0.320 e. The molecule has 10 heteroatoms. The quantitative estimate of drug-likeness (QED) is 0.367. The first-order valence-electron chi connectivity index (χ1n) is 10.6. The van der Waals surface area contributed by atoms with Crippen molar-refractivity contribution >= 4 is 17.6 Å². The number of carbonyl (C=O) groups excluding carboxylic acids is 2. The van der Waals surface area contributed by atoms with Crippen LogP contribution >= 0.6 is 0 Å². The Hall–Kier alpha value is -4.86. The van der Waals surface area contributed by atoms with Crippen molar-refractivity contribution in [1.29, 1.82) is 0 Å². The Kier molecular flexibility index (Phi) is 5.76. The number of aromatic amines is 1. The van der Waals surface area contributed by atoms with E-state index in [0.29, 0.717) is 34.1 Å². The van der Waals surface area contributed by atoms with Crippen molar-refractivity contribution in [2.24, 2.45) is 0 Å². The summed E-state index contributed by atoms with van der Waals surface area (Å²) >= 11 is 0. The van der Waals surface area contributed by atoms with Gasteiger partial charge < -0.3 is 15.0 Å². The van der Waals surface area contributed by atoms with Gasteiger partial charge in [-0.05, 0) is 35.9 Å². The number of urea groups is 1. The molecule has 0 saturated heterocycles. The van der Waals surface area contributed by atoms with Crippen LogP contribution in [0.1, 0.15) is 21.6 Å². The average molecular weight is 471 g/mol. The number of halogens is 1. The van der Waals surface area contributed by atoms with Crippen LogP contribution < -0.4 is 20.8 Å². The summed E-state index contributed by atoms with van der Waals surface area (Å²) in [6.07, 6.45) is 5.75. The second-order valence-electron chi connectivity index (χ2n) is 7.75. The van der Waals surface area contributed by atoms with Gasteiger partial charge >= 0.3 is 6.03 Å². The molecular weight excluding hydrogens is 453 g/mol. The van der Waals surface area contributed by atoms with Crippen molar-refractivity contribution in [2.75, 3.05) is 5.32 Å². The molecule has 174 valence electrons. The summed E-state index contributed by atoms with van der Waals surface area (Å²) in [5, 5.41) is 5.28. The third-order valence-corrected chi connectivity index (χ3v) is 5.44. The van der Waals surface area contributed by atoms with E-state index in [9.17, 15) is 18.8 Å². The van der Waals surface area contributed by atoms with Crippen LogP contribution in [0.15, 0.2) is 72.0 Å². The summed E-state index contributed by atoms with van der Waals surface area (Å²) in [6, 6.07) is 10.1. The fourth-order valence-electron chi connectivity index (χ4n) is 3.67. The standard InChI is InChI=1S/C25H18FN5O4/c26-15-3-1-14(2-4-15)18-11-27-12-19(23(18)33)21(32)9-16-5-6-17(10-29-16)35-22-7-8-28-24-20(22)13-30-25(34)31-24/h1-8,10-12H,9,13H2,(H,27,33)(H2,28,30,31,34). The number of hydrogen-bond acceptors (Lipinski definition) is 6. The zero-order valence-corrected chi connectivity index (χ0v) is 18.2. The first-order valence-corrected chi connectivity index (χ1v) is 10.6. The van der Waals surface area contributed by atoms with Crippen molar-refractivity contribution < 1.29 is 18.7 Å². The molecule has 0 aliphatic carbocycles. The van der Waals surface area contributed by atoms with Gasteiger partial charge in [0.2, 0.25) is 0 Å². The van der Waals surface area contributed by atoms with Crippen molar-refractivity contribution in [3.63, 3.8) is 0 Å². The Morgan fingerprint density at radius 3 is 2.63 bits per heavy atom. The summed E-state index contributed by atoms with van der Waals surface area (Å²) in [4.78, 5) is 48.4. The van der Waals surface area contributed by atoms with Crippen LogP contribution in [0.5, 0.6) is 11.5 Å². The Morgan fingerprint density at radius 2 is 1.86 bits per heavy atom. The first kappa shape index (κ1) is 22.0. The molecule has 3 N–H and O–H groups in total. The van der Waals surface area contributed by atoms with Crippen LogP contribution in [0, 0.1) is 5.82 Å². The molecular formula is C25H18FN5O4. The van der Waals surface area contributed by atoms with Gasteiger partial charge in [0.05, 0.1) is 30.3 Å². The number of carbonyl (C=O) groups is 2. The average Bonchev–Trinajstić information content (AvgIpc) is 2.86. The van der Waals surface area contributed by atoms with E-state index in [4.69, 9.17) is 4.74 Å². The van der Waals surface area contributed by atoms with E-state index in [-0.39, 0.29) is 30.1 Å². The lowest BCUT2D eigenvalue weighted by atomic mass is 10.0. The molecule has 0 fully saturated rings. The number of ketones is 1. The number of nitrogens with zero attached hydrogens (tertiary/aromatic N) is 2. The number of nitrogens with one attached hydrogen (secondary N) is 3. The molecule has 2 amide bonds. The van der Waals surface area contributed by atoms with Gasteiger partial charge in [-0.3, -0.25) is 19.9 Å². The molecule has 9 nitrogen and oxygen atoms in total. The number of Topliss-reactive ketones (excluding diaryl/α,β-unsaturated/α-hetero) is 1.